The highest BCUT2D eigenvalue weighted by molar-refractivity contribution is 5.95. The molecule has 2 unspecified atom stereocenters. The van der Waals surface area contributed by atoms with Crippen LogP contribution in [0.25, 0.3) is 0 Å². The van der Waals surface area contributed by atoms with E-state index in [0.29, 0.717) is 18.4 Å². The number of carbonyl (C=O) groups is 1. The molecule has 0 saturated heterocycles. The summed E-state index contributed by atoms with van der Waals surface area (Å²) in [5.41, 5.74) is 0.862. The van der Waals surface area contributed by atoms with Gasteiger partial charge in [-0.15, -0.1) is 0 Å². The molecule has 0 heterocycles. The van der Waals surface area contributed by atoms with Crippen LogP contribution in [-0.2, 0) is 4.79 Å². The number of carbonyl (C=O) groups excluding carboxylic acids is 1. The average Bonchev–Trinajstić information content (AvgIpc) is 2.79. The van der Waals surface area contributed by atoms with E-state index in [1.54, 1.807) is 19.1 Å². The van der Waals surface area contributed by atoms with Gasteiger partial charge in [0.2, 0.25) is 5.91 Å². The minimum absolute atomic E-state index is 0.0687. The lowest BCUT2D eigenvalue weighted by Crippen LogP contribution is -2.29. The Hall–Kier alpha value is -1.69. The van der Waals surface area contributed by atoms with Gasteiger partial charge in [0, 0.05) is 0 Å². The Kier molecular flexibility index (Phi) is 4.54. The second-order valence-corrected chi connectivity index (χ2v) is 4.92. The molecule has 2 N–H and O–H groups in total. The largest absolute Gasteiger partial charge is 0.433 e. The van der Waals surface area contributed by atoms with Crippen LogP contribution < -0.4 is 10.1 Å². The number of hydrogen-bond acceptors (Lipinski definition) is 3. The quantitative estimate of drug-likeness (QED) is 0.894. The van der Waals surface area contributed by atoms with Crippen molar-refractivity contribution < 1.29 is 23.4 Å². The molecule has 1 aromatic rings. The third-order valence-electron chi connectivity index (χ3n) is 3.52. The first-order chi connectivity index (χ1) is 9.49. The van der Waals surface area contributed by atoms with Gasteiger partial charge in [-0.05, 0) is 37.8 Å². The zero-order valence-corrected chi connectivity index (χ0v) is 11.1. The predicted octanol–water partition coefficient (Wildman–Crippen LogP) is 2.70. The maximum absolute atomic E-state index is 12.4. The number of amides is 1. The van der Waals surface area contributed by atoms with Crippen LogP contribution >= 0.6 is 0 Å². The topological polar surface area (TPSA) is 58.6 Å². The van der Waals surface area contributed by atoms with E-state index in [1.165, 1.54) is 6.07 Å². The number of halogens is 2. The van der Waals surface area contributed by atoms with Crippen molar-refractivity contribution in [2.75, 3.05) is 5.32 Å². The number of alkyl halides is 2. The smallest absolute Gasteiger partial charge is 0.387 e. The number of benzene rings is 1. The molecule has 0 bridgehead atoms. The minimum atomic E-state index is -2.95. The van der Waals surface area contributed by atoms with Gasteiger partial charge in [0.25, 0.3) is 0 Å². The first-order valence-corrected chi connectivity index (χ1v) is 6.52. The molecule has 2 atom stereocenters. The van der Waals surface area contributed by atoms with Crippen LogP contribution in [0.15, 0.2) is 18.2 Å². The van der Waals surface area contributed by atoms with Crippen molar-refractivity contribution in [1.29, 1.82) is 0 Å². The number of aryl methyl sites for hydroxylation is 1. The Bertz CT molecular complexity index is 493. The molecule has 2 rings (SSSR count). The first kappa shape index (κ1) is 14.7. The van der Waals surface area contributed by atoms with Crippen molar-refractivity contribution in [3.8, 4) is 5.75 Å². The summed E-state index contributed by atoms with van der Waals surface area (Å²) in [5, 5.41) is 12.3. The number of para-hydroxylation sites is 1. The second kappa shape index (κ2) is 6.17. The van der Waals surface area contributed by atoms with E-state index in [0.717, 1.165) is 6.42 Å². The van der Waals surface area contributed by atoms with Crippen LogP contribution in [0.5, 0.6) is 5.75 Å². The Balaban J connectivity index is 2.17. The van der Waals surface area contributed by atoms with Gasteiger partial charge in [0.1, 0.15) is 5.75 Å². The summed E-state index contributed by atoms with van der Waals surface area (Å²) in [6.07, 6.45) is 1.31. The molecule has 20 heavy (non-hydrogen) atoms. The minimum Gasteiger partial charge on any atom is -0.433 e. The summed E-state index contributed by atoms with van der Waals surface area (Å²) in [6.45, 7) is -1.26. The number of rotatable bonds is 4. The van der Waals surface area contributed by atoms with Gasteiger partial charge >= 0.3 is 6.61 Å². The summed E-state index contributed by atoms with van der Waals surface area (Å²) in [4.78, 5) is 12.1. The fourth-order valence-corrected chi connectivity index (χ4v) is 2.46. The van der Waals surface area contributed by atoms with Gasteiger partial charge < -0.3 is 15.2 Å². The van der Waals surface area contributed by atoms with Crippen molar-refractivity contribution in [1.82, 2.24) is 0 Å². The van der Waals surface area contributed by atoms with Crippen molar-refractivity contribution in [2.45, 2.75) is 38.9 Å². The van der Waals surface area contributed by atoms with E-state index >= 15 is 0 Å². The summed E-state index contributed by atoms with van der Waals surface area (Å²) >= 11 is 0. The van der Waals surface area contributed by atoms with Gasteiger partial charge in [0.05, 0.1) is 17.7 Å². The maximum Gasteiger partial charge on any atom is 0.387 e. The summed E-state index contributed by atoms with van der Waals surface area (Å²) in [5.74, 6) is -0.918. The lowest BCUT2D eigenvalue weighted by atomic mass is 10.0. The van der Waals surface area contributed by atoms with Crippen LogP contribution in [0.1, 0.15) is 24.8 Å². The van der Waals surface area contributed by atoms with E-state index in [1.807, 2.05) is 0 Å². The van der Waals surface area contributed by atoms with E-state index in [9.17, 15) is 18.7 Å². The fourth-order valence-electron chi connectivity index (χ4n) is 2.46. The highest BCUT2D eigenvalue weighted by atomic mass is 19.3. The predicted molar refractivity (Wildman–Crippen MR) is 69.8 cm³/mol. The average molecular weight is 285 g/mol. The van der Waals surface area contributed by atoms with E-state index < -0.39 is 18.6 Å². The van der Waals surface area contributed by atoms with Crippen LogP contribution in [-0.4, -0.2) is 23.7 Å². The van der Waals surface area contributed by atoms with Crippen LogP contribution in [0.4, 0.5) is 14.5 Å². The normalized spacial score (nSPS) is 22.1. The van der Waals surface area contributed by atoms with Gasteiger partial charge in [0.15, 0.2) is 0 Å². The maximum atomic E-state index is 12.4. The van der Waals surface area contributed by atoms with Gasteiger partial charge in [-0.3, -0.25) is 4.79 Å². The second-order valence-electron chi connectivity index (χ2n) is 4.92. The van der Waals surface area contributed by atoms with Crippen molar-refractivity contribution in [2.24, 2.45) is 5.92 Å². The van der Waals surface area contributed by atoms with Gasteiger partial charge in [-0.1, -0.05) is 12.1 Å². The number of aliphatic hydroxyl groups excluding tert-OH is 1. The van der Waals surface area contributed by atoms with E-state index in [-0.39, 0.29) is 17.3 Å². The Morgan fingerprint density at radius 1 is 1.45 bits per heavy atom. The molecule has 4 nitrogen and oxygen atoms in total. The highest BCUT2D eigenvalue weighted by Crippen LogP contribution is 2.32. The van der Waals surface area contributed by atoms with Crippen LogP contribution in [0, 0.1) is 12.8 Å². The molecule has 0 aromatic heterocycles. The third-order valence-corrected chi connectivity index (χ3v) is 3.52. The molecule has 1 aliphatic rings. The standard InChI is InChI=1S/C14H17F2NO3/c1-8-4-2-7-11(20-14(15)16)12(8)17-13(19)9-5-3-6-10(9)18/h2,4,7,9-10,14,18H,3,5-6H2,1H3,(H,17,19). The molecule has 1 amide bonds. The van der Waals surface area contributed by atoms with Crippen molar-refractivity contribution in [3.05, 3.63) is 23.8 Å². The highest BCUT2D eigenvalue weighted by Gasteiger charge is 2.32. The Labute approximate surface area is 115 Å². The van der Waals surface area contributed by atoms with E-state index in [2.05, 4.69) is 10.1 Å². The molecule has 6 heteroatoms. The zero-order chi connectivity index (χ0) is 14.7. The third kappa shape index (κ3) is 3.25. The molecule has 110 valence electrons. The number of aliphatic hydroxyl groups is 1. The summed E-state index contributed by atoms with van der Waals surface area (Å²) in [7, 11) is 0. The summed E-state index contributed by atoms with van der Waals surface area (Å²) in [6, 6.07) is 4.64. The zero-order valence-electron chi connectivity index (χ0n) is 11.1. The molecule has 1 aliphatic carbocycles. The molecular weight excluding hydrogens is 268 g/mol. The molecule has 1 aromatic carbocycles. The number of nitrogens with one attached hydrogen (secondary N) is 1. The first-order valence-electron chi connectivity index (χ1n) is 6.52. The molecule has 0 aliphatic heterocycles. The van der Waals surface area contributed by atoms with E-state index in [4.69, 9.17) is 0 Å². The molecule has 0 radical (unpaired) electrons. The molecular formula is C14H17F2NO3. The number of hydrogen-bond donors (Lipinski definition) is 2. The monoisotopic (exact) mass is 285 g/mol. The summed E-state index contributed by atoms with van der Waals surface area (Å²) < 4.78 is 29.1. The molecule has 0 spiro atoms. The molecule has 1 fully saturated rings. The van der Waals surface area contributed by atoms with Crippen molar-refractivity contribution in [3.63, 3.8) is 0 Å². The Morgan fingerprint density at radius 3 is 2.80 bits per heavy atom. The fraction of sp³-hybridized carbons (Fsp3) is 0.500. The SMILES string of the molecule is Cc1cccc(OC(F)F)c1NC(=O)C1CCCC1O. The van der Waals surface area contributed by atoms with Gasteiger partial charge in [-0.25, -0.2) is 0 Å². The van der Waals surface area contributed by atoms with Crippen LogP contribution in [0.3, 0.4) is 0 Å². The lowest BCUT2D eigenvalue weighted by molar-refractivity contribution is -0.122. The Morgan fingerprint density at radius 2 is 2.20 bits per heavy atom. The van der Waals surface area contributed by atoms with Crippen LogP contribution in [0.2, 0.25) is 0 Å². The van der Waals surface area contributed by atoms with Crippen molar-refractivity contribution >= 4 is 11.6 Å². The number of anilines is 1. The number of ether oxygens (including phenoxy) is 1. The molecule has 1 saturated carbocycles. The van der Waals surface area contributed by atoms with Gasteiger partial charge in [-0.2, -0.15) is 8.78 Å². The lowest BCUT2D eigenvalue weighted by Gasteiger charge is -2.18.